The molecule has 1 atom stereocenters. The highest BCUT2D eigenvalue weighted by atomic mass is 16.5. The van der Waals surface area contributed by atoms with Gasteiger partial charge in [0.25, 0.3) is 0 Å². The van der Waals surface area contributed by atoms with Gasteiger partial charge in [-0.2, -0.15) is 0 Å². The smallest absolute Gasteiger partial charge is 0.119 e. The van der Waals surface area contributed by atoms with Crippen molar-refractivity contribution in [3.05, 3.63) is 53.0 Å². The number of aryl methyl sites for hydroxylation is 2. The Hall–Kier alpha value is -1.74. The molecule has 0 radical (unpaired) electrons. The molecule has 1 aromatic carbocycles. The first-order valence-electron chi connectivity index (χ1n) is 7.22. The van der Waals surface area contributed by atoms with Crippen molar-refractivity contribution in [1.82, 2.24) is 5.32 Å². The van der Waals surface area contributed by atoms with Crippen molar-refractivity contribution in [1.29, 1.82) is 0 Å². The molecule has 1 N–H and O–H groups in total. The lowest BCUT2D eigenvalue weighted by atomic mass is 9.87. The summed E-state index contributed by atoms with van der Waals surface area (Å²) in [6.07, 6.45) is 3.56. The van der Waals surface area contributed by atoms with Gasteiger partial charge in [0.1, 0.15) is 17.3 Å². The van der Waals surface area contributed by atoms with Crippen LogP contribution < -0.4 is 10.1 Å². The summed E-state index contributed by atoms with van der Waals surface area (Å²) in [5.74, 6) is 2.90. The maximum Gasteiger partial charge on any atom is 0.119 e. The highest BCUT2D eigenvalue weighted by Crippen LogP contribution is 2.32. The average Bonchev–Trinajstić information content (AvgIpc) is 2.90. The third kappa shape index (κ3) is 2.73. The van der Waals surface area contributed by atoms with Crippen LogP contribution in [0.15, 0.2) is 34.7 Å². The fourth-order valence-corrected chi connectivity index (χ4v) is 2.92. The largest absolute Gasteiger partial charge is 0.497 e. The van der Waals surface area contributed by atoms with Crippen molar-refractivity contribution in [3.8, 4) is 5.75 Å². The molecule has 20 heavy (non-hydrogen) atoms. The summed E-state index contributed by atoms with van der Waals surface area (Å²) in [7, 11) is 1.72. The Bertz CT molecular complexity index is 588. The van der Waals surface area contributed by atoms with E-state index in [0.717, 1.165) is 30.2 Å². The maximum absolute atomic E-state index is 5.62. The molecule has 1 unspecified atom stereocenters. The van der Waals surface area contributed by atoms with Crippen molar-refractivity contribution in [3.63, 3.8) is 0 Å². The van der Waals surface area contributed by atoms with Gasteiger partial charge < -0.3 is 14.5 Å². The van der Waals surface area contributed by atoms with Crippen LogP contribution in [-0.4, -0.2) is 7.11 Å². The van der Waals surface area contributed by atoms with Crippen LogP contribution in [0.4, 0.5) is 0 Å². The van der Waals surface area contributed by atoms with Gasteiger partial charge in [-0.3, -0.25) is 0 Å². The Morgan fingerprint density at radius 1 is 1.30 bits per heavy atom. The third-order valence-electron chi connectivity index (χ3n) is 3.99. The van der Waals surface area contributed by atoms with Crippen molar-refractivity contribution in [2.24, 2.45) is 0 Å². The first-order valence-corrected chi connectivity index (χ1v) is 7.22. The number of fused-ring (bicyclic) bond motifs is 1. The predicted octanol–water partition coefficient (Wildman–Crippen LogP) is 3.76. The lowest BCUT2D eigenvalue weighted by Gasteiger charge is -2.26. The summed E-state index contributed by atoms with van der Waals surface area (Å²) >= 11 is 0. The SMILES string of the molecule is COc1ccc2c(c1)C(NCc1ccc(C)o1)CCC2. The van der Waals surface area contributed by atoms with Gasteiger partial charge in [0, 0.05) is 6.04 Å². The summed E-state index contributed by atoms with van der Waals surface area (Å²) in [5, 5.41) is 3.61. The number of hydrogen-bond acceptors (Lipinski definition) is 3. The van der Waals surface area contributed by atoms with Crippen LogP contribution in [0, 0.1) is 6.92 Å². The molecule has 0 aliphatic heterocycles. The number of ether oxygens (including phenoxy) is 1. The molecule has 0 spiro atoms. The van der Waals surface area contributed by atoms with E-state index >= 15 is 0 Å². The van der Waals surface area contributed by atoms with Crippen LogP contribution in [-0.2, 0) is 13.0 Å². The molecule has 0 fully saturated rings. The van der Waals surface area contributed by atoms with Gasteiger partial charge in [-0.05, 0) is 61.6 Å². The van der Waals surface area contributed by atoms with Gasteiger partial charge in [0.15, 0.2) is 0 Å². The van der Waals surface area contributed by atoms with Crippen LogP contribution in [0.3, 0.4) is 0 Å². The number of rotatable bonds is 4. The molecule has 1 aliphatic rings. The summed E-state index contributed by atoms with van der Waals surface area (Å²) in [6, 6.07) is 10.8. The quantitative estimate of drug-likeness (QED) is 0.919. The van der Waals surface area contributed by atoms with E-state index in [4.69, 9.17) is 9.15 Å². The van der Waals surface area contributed by atoms with Crippen LogP contribution in [0.25, 0.3) is 0 Å². The first-order chi connectivity index (χ1) is 9.76. The average molecular weight is 271 g/mol. The zero-order valence-corrected chi connectivity index (χ0v) is 12.1. The lowest BCUT2D eigenvalue weighted by Crippen LogP contribution is -2.24. The standard InChI is InChI=1S/C17H21NO2/c1-12-6-8-15(20-12)11-18-17-5-3-4-13-7-9-14(19-2)10-16(13)17/h6-10,17-18H,3-5,11H2,1-2H3. The van der Waals surface area contributed by atoms with E-state index in [0.29, 0.717) is 6.04 Å². The highest BCUT2D eigenvalue weighted by molar-refractivity contribution is 5.39. The van der Waals surface area contributed by atoms with Gasteiger partial charge in [-0.25, -0.2) is 0 Å². The maximum atomic E-state index is 5.62. The highest BCUT2D eigenvalue weighted by Gasteiger charge is 2.20. The molecule has 0 saturated carbocycles. The summed E-state index contributed by atoms with van der Waals surface area (Å²) in [4.78, 5) is 0. The van der Waals surface area contributed by atoms with E-state index < -0.39 is 0 Å². The molecule has 0 bridgehead atoms. The third-order valence-corrected chi connectivity index (χ3v) is 3.99. The van der Waals surface area contributed by atoms with Crippen molar-refractivity contribution in [2.45, 2.75) is 38.8 Å². The number of furan rings is 1. The first kappa shape index (κ1) is 13.3. The Morgan fingerprint density at radius 3 is 2.95 bits per heavy atom. The molecule has 3 heteroatoms. The van der Waals surface area contributed by atoms with Crippen molar-refractivity contribution >= 4 is 0 Å². The molecule has 0 saturated heterocycles. The van der Waals surface area contributed by atoms with E-state index in [-0.39, 0.29) is 0 Å². The minimum Gasteiger partial charge on any atom is -0.497 e. The fourth-order valence-electron chi connectivity index (χ4n) is 2.92. The van der Waals surface area contributed by atoms with Gasteiger partial charge in [0.05, 0.1) is 13.7 Å². The zero-order chi connectivity index (χ0) is 13.9. The number of hydrogen-bond donors (Lipinski definition) is 1. The Kier molecular flexibility index (Phi) is 3.79. The van der Waals surface area contributed by atoms with E-state index in [1.165, 1.54) is 24.0 Å². The van der Waals surface area contributed by atoms with Gasteiger partial charge in [-0.1, -0.05) is 6.07 Å². The van der Waals surface area contributed by atoms with Crippen LogP contribution in [0.2, 0.25) is 0 Å². The molecule has 3 nitrogen and oxygen atoms in total. The predicted molar refractivity (Wildman–Crippen MR) is 79.0 cm³/mol. The minimum absolute atomic E-state index is 0.388. The Labute approximate surface area is 119 Å². The fraction of sp³-hybridized carbons (Fsp3) is 0.412. The molecule has 3 rings (SSSR count). The molecule has 1 heterocycles. The van der Waals surface area contributed by atoms with Crippen molar-refractivity contribution < 1.29 is 9.15 Å². The second-order valence-electron chi connectivity index (χ2n) is 5.40. The normalized spacial score (nSPS) is 17.8. The summed E-state index contributed by atoms with van der Waals surface area (Å²) in [6.45, 7) is 2.75. The summed E-state index contributed by atoms with van der Waals surface area (Å²) in [5.41, 5.74) is 2.81. The molecular formula is C17H21NO2. The molecule has 1 aromatic heterocycles. The molecule has 106 valence electrons. The minimum atomic E-state index is 0.388. The number of methoxy groups -OCH3 is 1. The van der Waals surface area contributed by atoms with Gasteiger partial charge >= 0.3 is 0 Å². The van der Waals surface area contributed by atoms with Gasteiger partial charge in [0.2, 0.25) is 0 Å². The molecule has 1 aliphatic carbocycles. The van der Waals surface area contributed by atoms with E-state index in [2.05, 4.69) is 23.5 Å². The molecule has 2 aromatic rings. The van der Waals surface area contributed by atoms with Crippen molar-refractivity contribution in [2.75, 3.05) is 7.11 Å². The second kappa shape index (κ2) is 5.71. The zero-order valence-electron chi connectivity index (χ0n) is 12.1. The molecule has 0 amide bonds. The Morgan fingerprint density at radius 2 is 2.20 bits per heavy atom. The second-order valence-corrected chi connectivity index (χ2v) is 5.40. The van der Waals surface area contributed by atoms with Crippen LogP contribution in [0.1, 0.15) is 41.5 Å². The molecular weight excluding hydrogens is 250 g/mol. The number of benzene rings is 1. The van der Waals surface area contributed by atoms with E-state index in [1.54, 1.807) is 7.11 Å². The van der Waals surface area contributed by atoms with Crippen LogP contribution in [0.5, 0.6) is 5.75 Å². The lowest BCUT2D eigenvalue weighted by molar-refractivity contribution is 0.399. The monoisotopic (exact) mass is 271 g/mol. The topological polar surface area (TPSA) is 34.4 Å². The Balaban J connectivity index is 1.75. The van der Waals surface area contributed by atoms with Gasteiger partial charge in [-0.15, -0.1) is 0 Å². The number of nitrogens with one attached hydrogen (secondary N) is 1. The summed E-state index contributed by atoms with van der Waals surface area (Å²) < 4.78 is 11.0. The van der Waals surface area contributed by atoms with Crippen LogP contribution >= 0.6 is 0 Å². The van der Waals surface area contributed by atoms with E-state index in [1.807, 2.05) is 19.1 Å². The van der Waals surface area contributed by atoms with E-state index in [9.17, 15) is 0 Å².